The highest BCUT2D eigenvalue weighted by atomic mass is 32.1. The van der Waals surface area contributed by atoms with Gasteiger partial charge in [-0.25, -0.2) is 19.9 Å². The van der Waals surface area contributed by atoms with Crippen molar-refractivity contribution in [1.29, 1.82) is 0 Å². The Morgan fingerprint density at radius 1 is 0.969 bits per heavy atom. The van der Waals surface area contributed by atoms with Gasteiger partial charge in [0.15, 0.2) is 5.13 Å². The minimum Gasteiger partial charge on any atom is -0.367 e. The highest BCUT2D eigenvalue weighted by Gasteiger charge is 2.25. The van der Waals surface area contributed by atoms with Crippen molar-refractivity contribution < 1.29 is 0 Å². The molecule has 5 aromatic rings. The van der Waals surface area contributed by atoms with Crippen LogP contribution in [-0.4, -0.2) is 41.0 Å². The Kier molecular flexibility index (Phi) is 4.57. The molecular weight excluding hydrogens is 424 g/mol. The molecule has 1 fully saturated rings. The van der Waals surface area contributed by atoms with E-state index in [0.717, 1.165) is 40.6 Å². The summed E-state index contributed by atoms with van der Waals surface area (Å²) in [6.07, 6.45) is 13.5. The zero-order valence-corrected chi connectivity index (χ0v) is 17.9. The molecule has 6 rings (SSSR count). The fraction of sp³-hybridized carbons (Fsp3) is 0.227. The van der Waals surface area contributed by atoms with Gasteiger partial charge in [0, 0.05) is 43.1 Å². The Balaban J connectivity index is 1.11. The van der Waals surface area contributed by atoms with Gasteiger partial charge in [0.2, 0.25) is 5.65 Å². The molecule has 10 heteroatoms. The SMILES string of the molecule is O=c1c2nccn2ccn1-c1ccc(N[C@H]2CC[C@H](Nc3nc4cccnc4s3)C2)nc1. The third-order valence-corrected chi connectivity index (χ3v) is 6.67. The third-order valence-electron chi connectivity index (χ3n) is 5.76. The second kappa shape index (κ2) is 7.72. The molecular formula is C22H20N8OS. The van der Waals surface area contributed by atoms with Crippen LogP contribution in [0.3, 0.4) is 0 Å². The van der Waals surface area contributed by atoms with E-state index in [1.54, 1.807) is 51.3 Å². The molecule has 0 bridgehead atoms. The van der Waals surface area contributed by atoms with E-state index in [4.69, 9.17) is 0 Å². The largest absolute Gasteiger partial charge is 0.367 e. The number of nitrogens with one attached hydrogen (secondary N) is 2. The fourth-order valence-corrected chi connectivity index (χ4v) is 5.07. The van der Waals surface area contributed by atoms with Gasteiger partial charge < -0.3 is 15.0 Å². The molecule has 9 nitrogen and oxygen atoms in total. The van der Waals surface area contributed by atoms with Crippen molar-refractivity contribution >= 4 is 38.3 Å². The zero-order chi connectivity index (χ0) is 21.5. The van der Waals surface area contributed by atoms with Crippen molar-refractivity contribution in [2.24, 2.45) is 0 Å². The molecule has 1 aliphatic rings. The highest BCUT2D eigenvalue weighted by molar-refractivity contribution is 7.21. The normalized spacial score (nSPS) is 18.4. The predicted molar refractivity (Wildman–Crippen MR) is 125 cm³/mol. The lowest BCUT2D eigenvalue weighted by Crippen LogP contribution is -2.22. The first-order chi connectivity index (χ1) is 15.7. The van der Waals surface area contributed by atoms with Crippen LogP contribution >= 0.6 is 11.3 Å². The lowest BCUT2D eigenvalue weighted by molar-refractivity contribution is 0.722. The monoisotopic (exact) mass is 444 g/mol. The minimum absolute atomic E-state index is 0.172. The van der Waals surface area contributed by atoms with Gasteiger partial charge in [-0.1, -0.05) is 11.3 Å². The number of fused-ring (bicyclic) bond motifs is 2. The zero-order valence-electron chi connectivity index (χ0n) is 17.0. The molecule has 0 aliphatic heterocycles. The predicted octanol–water partition coefficient (Wildman–Crippen LogP) is 3.33. The van der Waals surface area contributed by atoms with E-state index in [1.807, 2.05) is 30.5 Å². The standard InChI is InChI=1S/C22H20N8OS/c31-21-19-23-8-9-29(19)10-11-30(21)16-5-6-18(25-13-16)26-14-3-4-15(12-14)27-22-28-17-2-1-7-24-20(17)32-22/h1-2,5-11,13-15H,3-4,12H2,(H,25,26)(H,27,28)/t14-,15-/m0/s1. The van der Waals surface area contributed by atoms with Crippen molar-refractivity contribution in [3.63, 3.8) is 0 Å². The van der Waals surface area contributed by atoms with Gasteiger partial charge in [-0.3, -0.25) is 9.36 Å². The summed E-state index contributed by atoms with van der Waals surface area (Å²) in [5.41, 5.74) is 1.86. The van der Waals surface area contributed by atoms with Crippen LogP contribution in [0.25, 0.3) is 21.7 Å². The molecule has 0 spiro atoms. The molecule has 1 saturated carbocycles. The van der Waals surface area contributed by atoms with Crippen LogP contribution in [0.1, 0.15) is 19.3 Å². The van der Waals surface area contributed by atoms with E-state index in [0.29, 0.717) is 23.4 Å². The summed E-state index contributed by atoms with van der Waals surface area (Å²) in [7, 11) is 0. The molecule has 1 aliphatic carbocycles. The first kappa shape index (κ1) is 18.9. The number of thiazole rings is 1. The van der Waals surface area contributed by atoms with Crippen LogP contribution in [0.15, 0.2) is 66.2 Å². The Labute approximate surface area is 186 Å². The van der Waals surface area contributed by atoms with Gasteiger partial charge in [0.25, 0.3) is 5.56 Å². The average molecular weight is 445 g/mol. The number of hydrogen-bond acceptors (Lipinski definition) is 8. The van der Waals surface area contributed by atoms with Crippen LogP contribution in [-0.2, 0) is 0 Å². The molecule has 5 aromatic heterocycles. The number of pyridine rings is 2. The van der Waals surface area contributed by atoms with E-state index in [9.17, 15) is 4.79 Å². The van der Waals surface area contributed by atoms with E-state index in [2.05, 4.69) is 30.6 Å². The fourth-order valence-electron chi connectivity index (χ4n) is 4.19. The van der Waals surface area contributed by atoms with Gasteiger partial charge in [-0.05, 0) is 43.5 Å². The second-order valence-corrected chi connectivity index (χ2v) is 8.85. The third kappa shape index (κ3) is 3.48. The van der Waals surface area contributed by atoms with E-state index >= 15 is 0 Å². The maximum Gasteiger partial charge on any atom is 0.298 e. The summed E-state index contributed by atoms with van der Waals surface area (Å²) < 4.78 is 3.26. The van der Waals surface area contributed by atoms with Crippen LogP contribution in [0.4, 0.5) is 10.9 Å². The smallest absolute Gasteiger partial charge is 0.298 e. The molecule has 0 aromatic carbocycles. The summed E-state index contributed by atoms with van der Waals surface area (Å²) in [5, 5.41) is 8.00. The van der Waals surface area contributed by atoms with Gasteiger partial charge in [0.05, 0.1) is 11.9 Å². The molecule has 0 amide bonds. The number of nitrogens with zero attached hydrogens (tertiary/aromatic N) is 6. The van der Waals surface area contributed by atoms with Crippen molar-refractivity contribution in [2.45, 2.75) is 31.3 Å². The summed E-state index contributed by atoms with van der Waals surface area (Å²) in [6, 6.07) is 8.41. The Morgan fingerprint density at radius 3 is 2.72 bits per heavy atom. The number of hydrogen-bond donors (Lipinski definition) is 2. The van der Waals surface area contributed by atoms with Crippen LogP contribution in [0.2, 0.25) is 0 Å². The number of rotatable bonds is 5. The maximum atomic E-state index is 12.6. The summed E-state index contributed by atoms with van der Waals surface area (Å²) in [4.78, 5) is 31.2. The number of anilines is 2. The van der Waals surface area contributed by atoms with Crippen molar-refractivity contribution in [3.05, 3.63) is 71.8 Å². The summed E-state index contributed by atoms with van der Waals surface area (Å²) in [6.45, 7) is 0. The Morgan fingerprint density at radius 2 is 1.88 bits per heavy atom. The van der Waals surface area contributed by atoms with Crippen LogP contribution in [0, 0.1) is 0 Å². The van der Waals surface area contributed by atoms with Gasteiger partial charge >= 0.3 is 0 Å². The summed E-state index contributed by atoms with van der Waals surface area (Å²) >= 11 is 1.59. The first-order valence-corrected chi connectivity index (χ1v) is 11.3. The van der Waals surface area contributed by atoms with Gasteiger partial charge in [0.1, 0.15) is 16.2 Å². The lowest BCUT2D eigenvalue weighted by Gasteiger charge is -2.15. The second-order valence-electron chi connectivity index (χ2n) is 7.88. The minimum atomic E-state index is -0.172. The molecule has 0 radical (unpaired) electrons. The molecule has 5 heterocycles. The highest BCUT2D eigenvalue weighted by Crippen LogP contribution is 2.29. The Bertz CT molecular complexity index is 1420. The topological polar surface area (TPSA) is 102 Å². The number of aromatic nitrogens is 6. The number of imidazole rings is 1. The van der Waals surface area contributed by atoms with Gasteiger partial charge in [-0.2, -0.15) is 0 Å². The van der Waals surface area contributed by atoms with E-state index in [1.165, 1.54) is 0 Å². The average Bonchev–Trinajstić information content (AvgIpc) is 3.54. The van der Waals surface area contributed by atoms with E-state index < -0.39 is 0 Å². The van der Waals surface area contributed by atoms with Crippen molar-refractivity contribution in [2.75, 3.05) is 10.6 Å². The maximum absolute atomic E-state index is 12.6. The van der Waals surface area contributed by atoms with Crippen molar-refractivity contribution in [1.82, 2.24) is 28.9 Å². The molecule has 0 saturated heterocycles. The summed E-state index contributed by atoms with van der Waals surface area (Å²) in [5.74, 6) is 0.804. The van der Waals surface area contributed by atoms with Gasteiger partial charge in [-0.15, -0.1) is 0 Å². The van der Waals surface area contributed by atoms with Crippen molar-refractivity contribution in [3.8, 4) is 5.69 Å². The van der Waals surface area contributed by atoms with Crippen LogP contribution in [0.5, 0.6) is 0 Å². The quantitative estimate of drug-likeness (QED) is 0.429. The molecule has 2 N–H and O–H groups in total. The Hall–Kier alpha value is -3.79. The molecule has 0 unspecified atom stereocenters. The lowest BCUT2D eigenvalue weighted by atomic mass is 10.2. The van der Waals surface area contributed by atoms with Crippen LogP contribution < -0.4 is 16.2 Å². The molecule has 160 valence electrons. The molecule has 2 atom stereocenters. The van der Waals surface area contributed by atoms with E-state index in [-0.39, 0.29) is 5.56 Å². The molecule has 32 heavy (non-hydrogen) atoms. The first-order valence-electron chi connectivity index (χ1n) is 10.5.